The standard InChI is InChI=1S/C18H19ClN4O6S/c1-9(24)27-8-13-16(28-10(2)25)15(22-23-21)17(26-3)18(29-13)30-14-6-12(19)5-4-11(14)7-20/h4-6,13,15-18H,8H2,1-3H3/t13-,15+,16+,17-,18?/m1/s1. The average molecular weight is 455 g/mol. The lowest BCUT2D eigenvalue weighted by Crippen LogP contribution is -2.59. The number of hydrogen-bond acceptors (Lipinski definition) is 9. The Morgan fingerprint density at radius 3 is 2.67 bits per heavy atom. The fourth-order valence-corrected chi connectivity index (χ4v) is 4.44. The zero-order valence-corrected chi connectivity index (χ0v) is 17.9. The number of hydrogen-bond donors (Lipinski definition) is 0. The van der Waals surface area contributed by atoms with E-state index in [4.69, 9.17) is 36.1 Å². The molecule has 0 amide bonds. The second-order valence-corrected chi connectivity index (χ2v) is 7.76. The first-order valence-electron chi connectivity index (χ1n) is 8.70. The number of carbonyl (C=O) groups is 2. The van der Waals surface area contributed by atoms with Crippen molar-refractivity contribution >= 4 is 35.3 Å². The van der Waals surface area contributed by atoms with Crippen LogP contribution in [0.15, 0.2) is 28.2 Å². The van der Waals surface area contributed by atoms with Gasteiger partial charge in [-0.3, -0.25) is 9.59 Å². The average Bonchev–Trinajstić information content (AvgIpc) is 2.68. The summed E-state index contributed by atoms with van der Waals surface area (Å²) in [7, 11) is 1.39. The molecule has 10 nitrogen and oxygen atoms in total. The number of halogens is 1. The third kappa shape index (κ3) is 6.01. The van der Waals surface area contributed by atoms with E-state index in [2.05, 4.69) is 16.1 Å². The predicted molar refractivity (Wildman–Crippen MR) is 107 cm³/mol. The van der Waals surface area contributed by atoms with Gasteiger partial charge in [-0.15, -0.1) is 0 Å². The summed E-state index contributed by atoms with van der Waals surface area (Å²) in [4.78, 5) is 26.3. The van der Waals surface area contributed by atoms with E-state index in [-0.39, 0.29) is 6.61 Å². The number of azide groups is 1. The van der Waals surface area contributed by atoms with Crippen LogP contribution in [-0.4, -0.2) is 55.4 Å². The Morgan fingerprint density at radius 2 is 2.10 bits per heavy atom. The summed E-state index contributed by atoms with van der Waals surface area (Å²) in [6.45, 7) is 2.19. The Kier molecular flexibility index (Phi) is 8.77. The van der Waals surface area contributed by atoms with E-state index in [9.17, 15) is 14.9 Å². The van der Waals surface area contributed by atoms with Crippen LogP contribution in [0.5, 0.6) is 0 Å². The molecule has 1 aromatic rings. The third-order valence-corrected chi connectivity index (χ3v) is 5.57. The lowest BCUT2D eigenvalue weighted by molar-refractivity contribution is -0.196. The minimum atomic E-state index is -1.05. The zero-order valence-electron chi connectivity index (χ0n) is 16.4. The lowest BCUT2D eigenvalue weighted by Gasteiger charge is -2.43. The molecule has 0 saturated carbocycles. The van der Waals surface area contributed by atoms with Crippen molar-refractivity contribution in [1.29, 1.82) is 5.26 Å². The van der Waals surface area contributed by atoms with Gasteiger partial charge in [0.15, 0.2) is 0 Å². The Bertz CT molecular complexity index is 888. The molecule has 0 bridgehead atoms. The SMILES string of the molecule is CO[C@H]1C(Sc2cc(Cl)ccc2C#N)O[C@H](COC(C)=O)[C@H](OC(C)=O)[C@@H]1N=[N+]=[N-]. The molecule has 1 unspecified atom stereocenters. The summed E-state index contributed by atoms with van der Waals surface area (Å²) in [5, 5.41) is 13.5. The van der Waals surface area contributed by atoms with Crippen LogP contribution in [-0.2, 0) is 28.5 Å². The summed E-state index contributed by atoms with van der Waals surface area (Å²) in [5.74, 6) is -1.18. The Morgan fingerprint density at radius 1 is 1.37 bits per heavy atom. The molecular formula is C18H19ClN4O6S. The molecule has 1 aliphatic rings. The molecule has 1 saturated heterocycles. The van der Waals surface area contributed by atoms with Crippen molar-refractivity contribution in [2.75, 3.05) is 13.7 Å². The van der Waals surface area contributed by atoms with Gasteiger partial charge in [0.05, 0.1) is 5.56 Å². The first-order valence-corrected chi connectivity index (χ1v) is 9.95. The number of nitriles is 1. The van der Waals surface area contributed by atoms with Crippen LogP contribution in [0.3, 0.4) is 0 Å². The number of esters is 2. The highest BCUT2D eigenvalue weighted by molar-refractivity contribution is 7.99. The molecule has 0 aliphatic carbocycles. The lowest BCUT2D eigenvalue weighted by atomic mass is 9.97. The topological polar surface area (TPSA) is 144 Å². The Balaban J connectivity index is 2.43. The highest BCUT2D eigenvalue weighted by Crippen LogP contribution is 2.39. The van der Waals surface area contributed by atoms with Crippen molar-refractivity contribution in [2.45, 2.75) is 48.5 Å². The van der Waals surface area contributed by atoms with E-state index < -0.39 is 41.7 Å². The normalized spacial score (nSPS) is 25.5. The van der Waals surface area contributed by atoms with Crippen molar-refractivity contribution in [3.8, 4) is 6.07 Å². The molecular weight excluding hydrogens is 436 g/mol. The van der Waals surface area contributed by atoms with Gasteiger partial charge < -0.3 is 18.9 Å². The van der Waals surface area contributed by atoms with Crippen molar-refractivity contribution in [3.63, 3.8) is 0 Å². The van der Waals surface area contributed by atoms with E-state index in [1.54, 1.807) is 18.2 Å². The van der Waals surface area contributed by atoms with Gasteiger partial charge in [-0.1, -0.05) is 28.5 Å². The van der Waals surface area contributed by atoms with E-state index in [0.29, 0.717) is 15.5 Å². The smallest absolute Gasteiger partial charge is 0.303 e. The van der Waals surface area contributed by atoms with E-state index >= 15 is 0 Å². The number of thioether (sulfide) groups is 1. The van der Waals surface area contributed by atoms with Crippen LogP contribution in [0.4, 0.5) is 0 Å². The summed E-state index contributed by atoms with van der Waals surface area (Å²) in [5.41, 5.74) is 8.63. The summed E-state index contributed by atoms with van der Waals surface area (Å²) in [6.07, 6.45) is -2.81. The fourth-order valence-electron chi connectivity index (χ4n) is 2.91. The number of nitrogens with zero attached hydrogens (tertiary/aromatic N) is 4. The molecule has 160 valence electrons. The second kappa shape index (κ2) is 11.1. The molecule has 12 heteroatoms. The van der Waals surface area contributed by atoms with E-state index in [1.807, 2.05) is 0 Å². The maximum absolute atomic E-state index is 11.6. The molecule has 1 heterocycles. The van der Waals surface area contributed by atoms with Gasteiger partial charge in [0.1, 0.15) is 42.5 Å². The second-order valence-electron chi connectivity index (χ2n) is 6.19. The van der Waals surface area contributed by atoms with Crippen molar-refractivity contribution in [1.82, 2.24) is 0 Å². The monoisotopic (exact) mass is 454 g/mol. The highest BCUT2D eigenvalue weighted by Gasteiger charge is 2.48. The van der Waals surface area contributed by atoms with Crippen LogP contribution in [0.1, 0.15) is 19.4 Å². The predicted octanol–water partition coefficient (Wildman–Crippen LogP) is 3.22. The molecule has 0 aromatic heterocycles. The van der Waals surface area contributed by atoms with Crippen molar-refractivity contribution in [3.05, 3.63) is 39.2 Å². The van der Waals surface area contributed by atoms with Gasteiger partial charge in [-0.05, 0) is 23.7 Å². The van der Waals surface area contributed by atoms with Gasteiger partial charge in [0.2, 0.25) is 0 Å². The molecule has 2 rings (SSSR count). The number of ether oxygens (including phenoxy) is 4. The molecule has 5 atom stereocenters. The van der Waals surface area contributed by atoms with E-state index in [0.717, 1.165) is 11.8 Å². The van der Waals surface area contributed by atoms with Crippen LogP contribution in [0.2, 0.25) is 5.02 Å². The van der Waals surface area contributed by atoms with Gasteiger partial charge in [-0.2, -0.15) is 5.26 Å². The largest absolute Gasteiger partial charge is 0.463 e. The summed E-state index contributed by atoms with van der Waals surface area (Å²) >= 11 is 7.19. The van der Waals surface area contributed by atoms with Crippen LogP contribution >= 0.6 is 23.4 Å². The number of benzene rings is 1. The minimum Gasteiger partial charge on any atom is -0.463 e. The molecule has 1 aromatic carbocycles. The molecule has 1 aliphatic heterocycles. The summed E-state index contributed by atoms with van der Waals surface area (Å²) in [6, 6.07) is 5.85. The van der Waals surface area contributed by atoms with Gasteiger partial charge in [-0.25, -0.2) is 0 Å². The molecule has 0 N–H and O–H groups in total. The Labute approximate surface area is 182 Å². The Hall–Kier alpha value is -2.48. The van der Waals surface area contributed by atoms with Crippen molar-refractivity contribution in [2.24, 2.45) is 5.11 Å². The first kappa shape index (κ1) is 23.8. The molecule has 1 fully saturated rings. The van der Waals surface area contributed by atoms with Gasteiger partial charge in [0, 0.05) is 35.8 Å². The molecule has 0 radical (unpaired) electrons. The molecule has 0 spiro atoms. The minimum absolute atomic E-state index is 0.237. The maximum atomic E-state index is 11.6. The highest BCUT2D eigenvalue weighted by atomic mass is 35.5. The number of rotatable bonds is 7. The summed E-state index contributed by atoms with van der Waals surface area (Å²) < 4.78 is 21.9. The quantitative estimate of drug-likeness (QED) is 0.264. The van der Waals surface area contributed by atoms with Gasteiger partial charge in [0.25, 0.3) is 0 Å². The maximum Gasteiger partial charge on any atom is 0.303 e. The number of methoxy groups -OCH3 is 1. The fraction of sp³-hybridized carbons (Fsp3) is 0.500. The molecule has 30 heavy (non-hydrogen) atoms. The van der Waals surface area contributed by atoms with Crippen LogP contribution < -0.4 is 0 Å². The van der Waals surface area contributed by atoms with Crippen LogP contribution in [0.25, 0.3) is 10.4 Å². The van der Waals surface area contributed by atoms with Crippen LogP contribution in [0, 0.1) is 11.3 Å². The van der Waals surface area contributed by atoms with Crippen molar-refractivity contribution < 1.29 is 28.5 Å². The third-order valence-electron chi connectivity index (χ3n) is 4.13. The van der Waals surface area contributed by atoms with Gasteiger partial charge >= 0.3 is 11.9 Å². The zero-order chi connectivity index (χ0) is 22.3. The number of carbonyl (C=O) groups excluding carboxylic acids is 2. The van der Waals surface area contributed by atoms with E-state index in [1.165, 1.54) is 21.0 Å². The first-order chi connectivity index (χ1) is 14.3.